The number of benzene rings is 8. The van der Waals surface area contributed by atoms with Crippen molar-refractivity contribution in [3.8, 4) is 56.4 Å². The Morgan fingerprint density at radius 2 is 0.963 bits per heavy atom. The van der Waals surface area contributed by atoms with Crippen molar-refractivity contribution < 1.29 is 0 Å². The summed E-state index contributed by atoms with van der Waals surface area (Å²) in [6, 6.07) is 59.2. The van der Waals surface area contributed by atoms with Gasteiger partial charge in [-0.25, -0.2) is 0 Å². The first-order chi connectivity index (χ1) is 26.5. The number of aromatic nitrogens is 3. The Balaban J connectivity index is 1.12. The second-order valence-corrected chi connectivity index (χ2v) is 16.9. The van der Waals surface area contributed by atoms with Crippen LogP contribution in [0, 0.1) is 0 Å². The third-order valence-corrected chi connectivity index (χ3v) is 14.0. The number of hydrogen-bond acceptors (Lipinski definition) is 3. The summed E-state index contributed by atoms with van der Waals surface area (Å²) in [5.41, 5.74) is 10.7. The van der Waals surface area contributed by atoms with Crippen molar-refractivity contribution in [2.45, 2.75) is 19.3 Å². The van der Waals surface area contributed by atoms with Gasteiger partial charge in [0.1, 0.15) is 0 Å². The van der Waals surface area contributed by atoms with Crippen LogP contribution in [0.25, 0.3) is 97.3 Å². The topological polar surface area (TPSA) is 38.7 Å². The summed E-state index contributed by atoms with van der Waals surface area (Å²) in [5, 5.41) is 7.75. The third-order valence-electron chi connectivity index (χ3n) is 11.3. The molecule has 11 rings (SSSR count). The molecule has 254 valence electrons. The molecule has 0 spiro atoms. The van der Waals surface area contributed by atoms with Gasteiger partial charge in [0.05, 0.1) is 0 Å². The zero-order valence-electron chi connectivity index (χ0n) is 29.8. The molecule has 0 aliphatic heterocycles. The molecule has 4 heteroatoms. The number of nitrogens with zero attached hydrogens (tertiary/aromatic N) is 3. The Morgan fingerprint density at radius 3 is 1.76 bits per heavy atom. The Kier molecular flexibility index (Phi) is 6.91. The van der Waals surface area contributed by atoms with E-state index in [1.54, 1.807) is 0 Å². The van der Waals surface area contributed by atoms with Crippen molar-refractivity contribution in [3.05, 3.63) is 175 Å². The zero-order valence-corrected chi connectivity index (χ0v) is 31.6. The van der Waals surface area contributed by atoms with Gasteiger partial charge in [-0.3, -0.25) is 0 Å². The molecule has 2 heterocycles. The molecule has 54 heavy (non-hydrogen) atoms. The molecule has 3 nitrogen and oxygen atoms in total. The molecule has 0 amide bonds. The summed E-state index contributed by atoms with van der Waals surface area (Å²) in [7, 11) is 0. The van der Waals surface area contributed by atoms with Crippen LogP contribution in [0.15, 0.2) is 164 Å². The van der Waals surface area contributed by atoms with Gasteiger partial charge in [-0.2, -0.15) is 0 Å². The van der Waals surface area contributed by atoms with Crippen LogP contribution in [0.4, 0.5) is 0 Å². The normalized spacial score (nSPS) is 13.1. The molecule has 0 atom stereocenters. The second-order valence-electron chi connectivity index (χ2n) is 14.8. The Labute approximate surface area is 319 Å². The molecular formula is C50H33N3Se. The van der Waals surface area contributed by atoms with E-state index in [9.17, 15) is 0 Å². The van der Waals surface area contributed by atoms with Gasteiger partial charge in [-0.15, -0.1) is 0 Å². The summed E-state index contributed by atoms with van der Waals surface area (Å²) in [6.07, 6.45) is 0. The van der Waals surface area contributed by atoms with Crippen molar-refractivity contribution in [3.63, 3.8) is 0 Å². The predicted molar refractivity (Wildman–Crippen MR) is 226 cm³/mol. The van der Waals surface area contributed by atoms with E-state index in [0.29, 0.717) is 17.5 Å². The van der Waals surface area contributed by atoms with E-state index in [1.165, 1.54) is 74.2 Å². The summed E-state index contributed by atoms with van der Waals surface area (Å²) < 4.78 is 2.91. The fourth-order valence-electron chi connectivity index (χ4n) is 8.57. The van der Waals surface area contributed by atoms with Gasteiger partial charge in [-0.1, -0.05) is 38.1 Å². The molecule has 0 N–H and O–H groups in total. The van der Waals surface area contributed by atoms with Crippen molar-refractivity contribution in [2.24, 2.45) is 0 Å². The van der Waals surface area contributed by atoms with Gasteiger partial charge >= 0.3 is 272 Å². The molecule has 0 radical (unpaired) electrons. The predicted octanol–water partition coefficient (Wildman–Crippen LogP) is 12.5. The van der Waals surface area contributed by atoms with Crippen molar-refractivity contribution in [1.29, 1.82) is 0 Å². The minimum absolute atomic E-state index is 0.122. The van der Waals surface area contributed by atoms with E-state index in [2.05, 4.69) is 159 Å². The third kappa shape index (κ3) is 4.77. The first-order valence-corrected chi connectivity index (χ1v) is 20.2. The summed E-state index contributed by atoms with van der Waals surface area (Å²) in [4.78, 5) is 15.5. The summed E-state index contributed by atoms with van der Waals surface area (Å²) in [6.45, 7) is 4.63. The Morgan fingerprint density at radius 1 is 0.389 bits per heavy atom. The van der Waals surface area contributed by atoms with E-state index >= 15 is 0 Å². The van der Waals surface area contributed by atoms with E-state index in [-0.39, 0.29) is 19.9 Å². The maximum atomic E-state index is 5.24. The molecule has 0 saturated heterocycles. The first-order valence-electron chi connectivity index (χ1n) is 18.4. The van der Waals surface area contributed by atoms with Gasteiger partial charge in [0.25, 0.3) is 0 Å². The number of rotatable bonds is 4. The first kappa shape index (κ1) is 31.3. The van der Waals surface area contributed by atoms with Crippen molar-refractivity contribution >= 4 is 55.3 Å². The maximum absolute atomic E-state index is 5.24. The van der Waals surface area contributed by atoms with E-state index in [4.69, 9.17) is 15.0 Å². The monoisotopic (exact) mass is 755 g/mol. The Hall–Kier alpha value is -6.19. The number of fused-ring (bicyclic) bond motifs is 10. The van der Waals surface area contributed by atoms with E-state index < -0.39 is 0 Å². The van der Waals surface area contributed by atoms with Gasteiger partial charge in [0.2, 0.25) is 0 Å². The standard InChI is InChI=1S/C50H33N3Se/c1-50(2)42-19-10-9-16-37(42)38-26-25-35(29-43(38)50)49-52-47(33-14-7-4-8-15-33)51-48(53-49)34-23-21-31-20-22-32-24-27-40-39-18-11-17-36(30-12-5-3-6-13-30)45(39)54-46(40)44(32)41(31)28-34/h3-29H,1-2H3. The SMILES string of the molecule is CC1(C)c2ccccc2-c2ccc(-c3nc(-c4ccccc4)nc(-c4ccc5ccc6ccc7c8cccc(-c9ccccc9)c8[se]c7c6c5c4)n3)cc21. The van der Waals surface area contributed by atoms with Crippen LogP contribution in [0.1, 0.15) is 25.0 Å². The molecule has 0 unspecified atom stereocenters. The van der Waals surface area contributed by atoms with Crippen LogP contribution in [-0.4, -0.2) is 29.5 Å². The summed E-state index contributed by atoms with van der Waals surface area (Å²) >= 11 is 0.142. The van der Waals surface area contributed by atoms with Gasteiger partial charge in [0, 0.05) is 0 Å². The van der Waals surface area contributed by atoms with E-state index in [1.807, 2.05) is 18.2 Å². The van der Waals surface area contributed by atoms with Crippen LogP contribution in [-0.2, 0) is 5.41 Å². The van der Waals surface area contributed by atoms with Gasteiger partial charge < -0.3 is 0 Å². The molecule has 0 saturated carbocycles. The van der Waals surface area contributed by atoms with Gasteiger partial charge in [0.15, 0.2) is 0 Å². The quantitative estimate of drug-likeness (QED) is 0.133. The van der Waals surface area contributed by atoms with Crippen molar-refractivity contribution in [1.82, 2.24) is 15.0 Å². The molecular weight excluding hydrogens is 722 g/mol. The molecule has 1 aliphatic carbocycles. The minimum atomic E-state index is -0.122. The van der Waals surface area contributed by atoms with Gasteiger partial charge in [-0.05, 0) is 11.1 Å². The van der Waals surface area contributed by atoms with Crippen LogP contribution >= 0.6 is 0 Å². The summed E-state index contributed by atoms with van der Waals surface area (Å²) in [5.74, 6) is 2.03. The van der Waals surface area contributed by atoms with Crippen LogP contribution < -0.4 is 0 Å². The van der Waals surface area contributed by atoms with Crippen LogP contribution in [0.2, 0.25) is 0 Å². The molecule has 10 aromatic rings. The fraction of sp³-hybridized carbons (Fsp3) is 0.0600. The molecule has 0 fully saturated rings. The second kappa shape index (κ2) is 11.9. The molecule has 1 aliphatic rings. The number of hydrogen-bond donors (Lipinski definition) is 0. The molecule has 2 aromatic heterocycles. The average molecular weight is 755 g/mol. The fourth-order valence-corrected chi connectivity index (χ4v) is 11.5. The van der Waals surface area contributed by atoms with Crippen molar-refractivity contribution in [2.75, 3.05) is 0 Å². The Bertz CT molecular complexity index is 3120. The zero-order chi connectivity index (χ0) is 36.0. The van der Waals surface area contributed by atoms with Crippen LogP contribution in [0.5, 0.6) is 0 Å². The van der Waals surface area contributed by atoms with E-state index in [0.717, 1.165) is 16.7 Å². The van der Waals surface area contributed by atoms with Crippen LogP contribution in [0.3, 0.4) is 0 Å². The molecule has 0 bridgehead atoms. The average Bonchev–Trinajstić information content (AvgIpc) is 3.73. The molecule has 8 aromatic carbocycles.